The molecular formula is C30H29N3O3. The van der Waals surface area contributed by atoms with Gasteiger partial charge in [-0.15, -0.1) is 0 Å². The van der Waals surface area contributed by atoms with Gasteiger partial charge in [-0.2, -0.15) is 0 Å². The molecule has 0 aliphatic rings. The zero-order chi connectivity index (χ0) is 25.2. The van der Waals surface area contributed by atoms with E-state index in [0.717, 1.165) is 39.6 Å². The summed E-state index contributed by atoms with van der Waals surface area (Å²) in [6.45, 7) is 6.24. The van der Waals surface area contributed by atoms with E-state index in [1.807, 2.05) is 72.1 Å². The molecule has 0 amide bonds. The summed E-state index contributed by atoms with van der Waals surface area (Å²) in [5.74, 6) is 1.10. The summed E-state index contributed by atoms with van der Waals surface area (Å²) >= 11 is 0. The number of aliphatic carboxylic acids is 1. The Morgan fingerprint density at radius 3 is 2.31 bits per heavy atom. The van der Waals surface area contributed by atoms with Crippen LogP contribution in [-0.4, -0.2) is 25.4 Å². The van der Waals surface area contributed by atoms with Crippen LogP contribution in [0.5, 0.6) is 0 Å². The molecule has 0 unspecified atom stereocenters. The summed E-state index contributed by atoms with van der Waals surface area (Å²) in [6, 6.07) is 22.1. The number of rotatable bonds is 8. The van der Waals surface area contributed by atoms with E-state index in [9.17, 15) is 9.90 Å². The number of benzene rings is 2. The smallest absolute Gasteiger partial charge is 0.309 e. The van der Waals surface area contributed by atoms with Crippen LogP contribution in [0.1, 0.15) is 59.5 Å². The van der Waals surface area contributed by atoms with E-state index in [4.69, 9.17) is 14.4 Å². The lowest BCUT2D eigenvalue weighted by Gasteiger charge is -2.09. The molecule has 6 heteroatoms. The predicted octanol–water partition coefficient (Wildman–Crippen LogP) is 6.23. The Balaban J connectivity index is 1.68. The molecule has 0 fully saturated rings. The lowest BCUT2D eigenvalue weighted by molar-refractivity contribution is -0.136. The second kappa shape index (κ2) is 9.82. The number of carboxylic acid groups (broad SMARTS) is 1. The van der Waals surface area contributed by atoms with Gasteiger partial charge in [0.2, 0.25) is 0 Å². The van der Waals surface area contributed by atoms with Crippen molar-refractivity contribution in [3.63, 3.8) is 0 Å². The van der Waals surface area contributed by atoms with Gasteiger partial charge in [0.15, 0.2) is 5.65 Å². The molecule has 0 saturated carbocycles. The minimum Gasteiger partial charge on any atom is -0.481 e. The molecule has 1 N–H and O–H groups in total. The fraction of sp³-hybridized carbons (Fsp3) is 0.233. The molecule has 3 heterocycles. The van der Waals surface area contributed by atoms with Crippen LogP contribution in [0.4, 0.5) is 0 Å². The van der Waals surface area contributed by atoms with Crippen molar-refractivity contribution in [3.05, 3.63) is 113 Å². The molecular weight excluding hydrogens is 450 g/mol. The maximum absolute atomic E-state index is 11.9. The summed E-state index contributed by atoms with van der Waals surface area (Å²) < 4.78 is 8.06. The van der Waals surface area contributed by atoms with E-state index in [2.05, 4.69) is 26.0 Å². The van der Waals surface area contributed by atoms with Crippen molar-refractivity contribution >= 4 is 11.6 Å². The second-order valence-electron chi connectivity index (χ2n) is 9.46. The van der Waals surface area contributed by atoms with Gasteiger partial charge >= 0.3 is 5.97 Å². The number of carboxylic acids is 1. The number of fused-ring (bicyclic) bond motifs is 1. The molecule has 0 spiro atoms. The van der Waals surface area contributed by atoms with Crippen LogP contribution in [0.25, 0.3) is 16.9 Å². The third-order valence-electron chi connectivity index (χ3n) is 6.33. The Morgan fingerprint density at radius 2 is 1.67 bits per heavy atom. The number of aryl methyl sites for hydroxylation is 1. The van der Waals surface area contributed by atoms with Gasteiger partial charge in [-0.1, -0.05) is 74.5 Å². The highest BCUT2D eigenvalue weighted by molar-refractivity contribution is 5.71. The van der Waals surface area contributed by atoms with Crippen LogP contribution in [-0.2, 0) is 24.1 Å². The summed E-state index contributed by atoms with van der Waals surface area (Å²) in [4.78, 5) is 21.9. The zero-order valence-electron chi connectivity index (χ0n) is 20.7. The quantitative estimate of drug-likeness (QED) is 0.285. The van der Waals surface area contributed by atoms with Crippen LogP contribution in [0.3, 0.4) is 0 Å². The van der Waals surface area contributed by atoms with Crippen molar-refractivity contribution in [3.8, 4) is 11.3 Å². The van der Waals surface area contributed by atoms with Crippen molar-refractivity contribution in [2.45, 2.75) is 46.0 Å². The highest BCUT2D eigenvalue weighted by Crippen LogP contribution is 2.28. The van der Waals surface area contributed by atoms with Crippen molar-refractivity contribution < 1.29 is 14.3 Å². The fourth-order valence-corrected chi connectivity index (χ4v) is 4.72. The third kappa shape index (κ3) is 4.80. The number of hydrogen-bond acceptors (Lipinski definition) is 4. The first-order valence-electron chi connectivity index (χ1n) is 12.2. The normalized spacial score (nSPS) is 11.4. The van der Waals surface area contributed by atoms with Gasteiger partial charge in [-0.3, -0.25) is 9.20 Å². The second-order valence-corrected chi connectivity index (χ2v) is 9.46. The van der Waals surface area contributed by atoms with Crippen LogP contribution < -0.4 is 0 Å². The molecule has 0 bridgehead atoms. The average Bonchev–Trinajstić information content (AvgIpc) is 3.40. The summed E-state index contributed by atoms with van der Waals surface area (Å²) in [5.41, 5.74) is 6.78. The van der Waals surface area contributed by atoms with Crippen molar-refractivity contribution in [1.29, 1.82) is 0 Å². The van der Waals surface area contributed by atoms with Gasteiger partial charge in [0.05, 0.1) is 35.6 Å². The largest absolute Gasteiger partial charge is 0.481 e. The first-order chi connectivity index (χ1) is 17.4. The van der Waals surface area contributed by atoms with Crippen molar-refractivity contribution in [2.75, 3.05) is 0 Å². The molecule has 5 aromatic rings. The molecule has 3 aromatic heterocycles. The molecule has 0 radical (unpaired) electrons. The number of imidazole rings is 1. The molecule has 0 aliphatic carbocycles. The predicted molar refractivity (Wildman–Crippen MR) is 139 cm³/mol. The van der Waals surface area contributed by atoms with Crippen molar-refractivity contribution in [2.24, 2.45) is 0 Å². The van der Waals surface area contributed by atoms with E-state index in [-0.39, 0.29) is 12.3 Å². The lowest BCUT2D eigenvalue weighted by Crippen LogP contribution is -2.08. The average molecular weight is 480 g/mol. The standard InChI is InChI=1S/C30H29N3O3/c1-19(2)29-20(3)14-23(36-29)16-24-27(17-28(34)35)33-18-26(22-12-8-5-9-13-22)31-25(30(33)32-24)15-21-10-6-4-7-11-21/h4-14,18-19H,15-17H2,1-3H3,(H,34,35). The van der Waals surface area contributed by atoms with E-state index >= 15 is 0 Å². The first kappa shape index (κ1) is 23.5. The zero-order valence-corrected chi connectivity index (χ0v) is 20.7. The number of hydrogen-bond donors (Lipinski definition) is 1. The molecule has 6 nitrogen and oxygen atoms in total. The highest BCUT2D eigenvalue weighted by Gasteiger charge is 2.22. The van der Waals surface area contributed by atoms with Crippen LogP contribution in [0.15, 0.2) is 77.3 Å². The summed E-state index contributed by atoms with van der Waals surface area (Å²) in [7, 11) is 0. The molecule has 2 aromatic carbocycles. The number of aromatic nitrogens is 3. The van der Waals surface area contributed by atoms with E-state index in [0.29, 0.717) is 29.9 Å². The van der Waals surface area contributed by atoms with E-state index in [1.165, 1.54) is 0 Å². The number of carbonyl (C=O) groups is 1. The minimum absolute atomic E-state index is 0.143. The monoisotopic (exact) mass is 479 g/mol. The molecule has 182 valence electrons. The summed E-state index contributed by atoms with van der Waals surface area (Å²) in [5, 5.41) is 9.77. The topological polar surface area (TPSA) is 80.6 Å². The SMILES string of the molecule is Cc1cc(Cc2nc3c(Cc4ccccc4)nc(-c4ccccc4)cn3c2CC(=O)O)oc1C(C)C. The molecule has 0 atom stereocenters. The van der Waals surface area contributed by atoms with Crippen LogP contribution in [0.2, 0.25) is 0 Å². The maximum Gasteiger partial charge on any atom is 0.309 e. The van der Waals surface area contributed by atoms with Gasteiger partial charge in [0.25, 0.3) is 0 Å². The lowest BCUT2D eigenvalue weighted by atomic mass is 10.1. The van der Waals surface area contributed by atoms with E-state index in [1.54, 1.807) is 0 Å². The molecule has 5 rings (SSSR count). The minimum atomic E-state index is -0.903. The molecule has 0 saturated heterocycles. The Labute approximate surface area is 210 Å². The van der Waals surface area contributed by atoms with Crippen LogP contribution in [0, 0.1) is 6.92 Å². The number of nitrogens with zero attached hydrogens (tertiary/aromatic N) is 3. The Kier molecular flexibility index (Phi) is 6.42. The fourth-order valence-electron chi connectivity index (χ4n) is 4.72. The summed E-state index contributed by atoms with van der Waals surface area (Å²) in [6.07, 6.45) is 2.77. The van der Waals surface area contributed by atoms with Gasteiger partial charge in [-0.05, 0) is 24.1 Å². The van der Waals surface area contributed by atoms with Gasteiger partial charge in [0, 0.05) is 24.1 Å². The van der Waals surface area contributed by atoms with Crippen molar-refractivity contribution in [1.82, 2.24) is 14.4 Å². The van der Waals surface area contributed by atoms with Gasteiger partial charge in [-0.25, -0.2) is 9.97 Å². The highest BCUT2D eigenvalue weighted by atomic mass is 16.4. The molecule has 36 heavy (non-hydrogen) atoms. The number of furan rings is 1. The van der Waals surface area contributed by atoms with Gasteiger partial charge < -0.3 is 9.52 Å². The maximum atomic E-state index is 11.9. The molecule has 0 aliphatic heterocycles. The van der Waals surface area contributed by atoms with Gasteiger partial charge in [0.1, 0.15) is 11.5 Å². The Morgan fingerprint density at radius 1 is 0.972 bits per heavy atom. The third-order valence-corrected chi connectivity index (χ3v) is 6.33. The van der Waals surface area contributed by atoms with E-state index < -0.39 is 5.97 Å². The van der Waals surface area contributed by atoms with Crippen LogP contribution >= 0.6 is 0 Å². The Hall–Kier alpha value is -4.19. The Bertz CT molecular complexity index is 1520. The first-order valence-corrected chi connectivity index (χ1v) is 12.2.